The molecule has 0 amide bonds. The Morgan fingerprint density at radius 3 is 1.32 bits per heavy atom. The molecule has 0 bridgehead atoms. The molecule has 25 heavy (non-hydrogen) atoms. The summed E-state index contributed by atoms with van der Waals surface area (Å²) in [6.45, 7) is 21.3. The van der Waals surface area contributed by atoms with Gasteiger partial charge in [0.25, 0.3) is 0 Å². The highest BCUT2D eigenvalue weighted by molar-refractivity contribution is 6.73. The molecule has 0 aliphatic heterocycles. The van der Waals surface area contributed by atoms with Crippen molar-refractivity contribution in [3.63, 3.8) is 0 Å². The third-order valence-corrected chi connectivity index (χ3v) is 7.87. The molecule has 0 N–H and O–H groups in total. The van der Waals surface area contributed by atoms with Crippen molar-refractivity contribution >= 4 is 40.2 Å². The summed E-state index contributed by atoms with van der Waals surface area (Å²) in [6, 6.07) is 0. The largest absolute Gasteiger partial charge is 0.397 e. The predicted octanol–water partition coefficient (Wildman–Crippen LogP) is 1.31. The van der Waals surface area contributed by atoms with E-state index in [1.165, 1.54) is 27.3 Å². The van der Waals surface area contributed by atoms with Gasteiger partial charge in [-0.15, -0.1) is 0 Å². The Morgan fingerprint density at radius 2 is 1.24 bits per heavy atom. The molecule has 154 valence electrons. The van der Waals surface area contributed by atoms with Crippen LogP contribution in [0.3, 0.4) is 0 Å². The lowest BCUT2D eigenvalue weighted by molar-refractivity contribution is -0.0980. The number of nitrogens with zero attached hydrogens (tertiary/aromatic N) is 1. The Balaban J connectivity index is -0.000000126. The fourth-order valence-corrected chi connectivity index (χ4v) is 4.59. The average Bonchev–Trinajstić information content (AvgIpc) is 2.61. The third-order valence-electron chi connectivity index (χ3n) is 2.92. The SMILES string of the molecule is C=O.CCN(CC)[SiH](C)C.CCO[SiH](C)OCC.CO[SiH](C=O)OC. The fraction of sp³-hybridized carbons (Fsp3) is 0.867. The van der Waals surface area contributed by atoms with Crippen molar-refractivity contribution in [1.82, 2.24) is 4.57 Å². The summed E-state index contributed by atoms with van der Waals surface area (Å²) in [4.78, 5) is 17.8. The molecule has 0 aromatic heterocycles. The topological polar surface area (TPSA) is 74.3 Å². The van der Waals surface area contributed by atoms with E-state index in [4.69, 9.17) is 13.6 Å². The van der Waals surface area contributed by atoms with Crippen molar-refractivity contribution in [1.29, 1.82) is 0 Å². The first-order chi connectivity index (χ1) is 11.9. The number of carbonyl (C=O) groups excluding carboxylic acids is 2. The van der Waals surface area contributed by atoms with Crippen LogP contribution in [0.25, 0.3) is 0 Å². The van der Waals surface area contributed by atoms with E-state index in [0.717, 1.165) is 19.1 Å². The molecule has 0 fully saturated rings. The van der Waals surface area contributed by atoms with Gasteiger partial charge in [-0.05, 0) is 33.5 Å². The molecular weight excluding hydrogens is 374 g/mol. The fourth-order valence-electron chi connectivity index (χ4n) is 1.68. The molecule has 0 saturated carbocycles. The van der Waals surface area contributed by atoms with E-state index in [0.29, 0.717) is 0 Å². The second-order valence-corrected chi connectivity index (χ2v) is 11.4. The Morgan fingerprint density at radius 1 is 0.880 bits per heavy atom. The smallest absolute Gasteiger partial charge is 0.389 e. The highest BCUT2D eigenvalue weighted by Gasteiger charge is 2.04. The Hall–Kier alpha value is -0.209. The summed E-state index contributed by atoms with van der Waals surface area (Å²) in [7, 11) is -0.572. The number of hydrogen-bond acceptors (Lipinski definition) is 7. The average molecular weight is 416 g/mol. The van der Waals surface area contributed by atoms with Crippen molar-refractivity contribution in [3.05, 3.63) is 0 Å². The van der Waals surface area contributed by atoms with Crippen LogP contribution in [0.5, 0.6) is 0 Å². The quantitative estimate of drug-likeness (QED) is 0.393. The third kappa shape index (κ3) is 28.8. The summed E-state index contributed by atoms with van der Waals surface area (Å²) >= 11 is 0. The van der Waals surface area contributed by atoms with E-state index in [9.17, 15) is 4.79 Å². The summed E-state index contributed by atoms with van der Waals surface area (Å²) in [5.41, 5.74) is 0. The first-order valence-electron chi connectivity index (χ1n) is 8.65. The highest BCUT2D eigenvalue weighted by atomic mass is 28.3. The van der Waals surface area contributed by atoms with Crippen molar-refractivity contribution < 1.29 is 27.3 Å². The van der Waals surface area contributed by atoms with Crippen LogP contribution in [0.1, 0.15) is 27.7 Å². The monoisotopic (exact) mass is 415 g/mol. The van der Waals surface area contributed by atoms with Crippen LogP contribution in [0.2, 0.25) is 19.6 Å². The van der Waals surface area contributed by atoms with Crippen molar-refractivity contribution in [2.75, 3.05) is 40.5 Å². The van der Waals surface area contributed by atoms with Crippen LogP contribution in [0.15, 0.2) is 0 Å². The number of rotatable bonds is 10. The molecule has 0 aromatic rings. The molecule has 0 rings (SSSR count). The van der Waals surface area contributed by atoms with Gasteiger partial charge in [-0.25, -0.2) is 0 Å². The van der Waals surface area contributed by atoms with Gasteiger partial charge in [0.05, 0.1) is 0 Å². The first kappa shape index (κ1) is 32.5. The highest BCUT2D eigenvalue weighted by Crippen LogP contribution is 1.91. The zero-order valence-corrected chi connectivity index (χ0v) is 21.2. The van der Waals surface area contributed by atoms with E-state index in [1.807, 2.05) is 27.2 Å². The van der Waals surface area contributed by atoms with Gasteiger partial charge in [0, 0.05) is 27.4 Å². The van der Waals surface area contributed by atoms with Crippen LogP contribution in [-0.2, 0) is 27.3 Å². The zero-order chi connectivity index (χ0) is 20.7. The van der Waals surface area contributed by atoms with Crippen LogP contribution in [0.4, 0.5) is 0 Å². The maximum Gasteiger partial charge on any atom is 0.389 e. The Kier molecular flexibility index (Phi) is 37.1. The van der Waals surface area contributed by atoms with Crippen LogP contribution in [-0.4, -0.2) is 85.3 Å². The van der Waals surface area contributed by atoms with E-state index < -0.39 is 27.5 Å². The standard InChI is InChI=1S/C6H17NSi.C5H14O2Si.C3H8O3Si.CH2O/c1-5-7(6-2)8(3)4;1-4-6-8(3)7-5-2;1-5-7(3-4)6-2;1-2/h8H,5-6H2,1-4H3;8H,4-5H2,1-3H3;3,7H,1-2H3;1H2. The minimum Gasteiger partial charge on any atom is -0.397 e. The molecule has 0 aromatic carbocycles. The van der Waals surface area contributed by atoms with Gasteiger partial charge in [0.2, 0.25) is 0 Å². The predicted molar refractivity (Wildman–Crippen MR) is 113 cm³/mol. The second kappa shape index (κ2) is 28.6. The number of hydrogen-bond donors (Lipinski definition) is 0. The maximum absolute atomic E-state index is 9.78. The van der Waals surface area contributed by atoms with Gasteiger partial charge in [0.15, 0.2) is 5.91 Å². The van der Waals surface area contributed by atoms with Crippen molar-refractivity contribution in [3.8, 4) is 0 Å². The molecular formula is C15H41NO6Si3. The van der Waals surface area contributed by atoms with Crippen LogP contribution in [0, 0.1) is 0 Å². The van der Waals surface area contributed by atoms with E-state index in [-0.39, 0.29) is 0 Å². The molecule has 7 nitrogen and oxygen atoms in total. The van der Waals surface area contributed by atoms with Crippen molar-refractivity contribution in [2.24, 2.45) is 0 Å². The molecule has 0 unspecified atom stereocenters. The summed E-state index contributed by atoms with van der Waals surface area (Å²) in [5.74, 6) is 0.722. The number of carbonyl (C=O) groups is 2. The van der Waals surface area contributed by atoms with E-state index in [2.05, 4.69) is 40.4 Å². The van der Waals surface area contributed by atoms with Crippen LogP contribution >= 0.6 is 0 Å². The van der Waals surface area contributed by atoms with E-state index in [1.54, 1.807) is 0 Å². The lowest BCUT2D eigenvalue weighted by atomic mass is 10.7. The Labute approximate surface area is 160 Å². The lowest BCUT2D eigenvalue weighted by Crippen LogP contribution is -2.33. The molecule has 0 aliphatic carbocycles. The van der Waals surface area contributed by atoms with Gasteiger partial charge in [-0.2, -0.15) is 0 Å². The van der Waals surface area contributed by atoms with E-state index >= 15 is 0 Å². The molecule has 0 radical (unpaired) electrons. The molecule has 0 spiro atoms. The van der Waals surface area contributed by atoms with Gasteiger partial charge in [0.1, 0.15) is 15.7 Å². The summed E-state index contributed by atoms with van der Waals surface area (Å²) in [5, 5.41) is 0. The minimum atomic E-state index is -1.85. The summed E-state index contributed by atoms with van der Waals surface area (Å²) in [6.07, 6.45) is 0. The molecule has 0 aliphatic rings. The van der Waals surface area contributed by atoms with Gasteiger partial charge < -0.3 is 31.9 Å². The lowest BCUT2D eigenvalue weighted by Gasteiger charge is -2.21. The normalized spacial score (nSPS) is 9.80. The molecule has 0 saturated heterocycles. The first-order valence-corrected chi connectivity index (χ1v) is 15.2. The summed E-state index contributed by atoms with van der Waals surface area (Å²) < 4.78 is 22.1. The second-order valence-electron chi connectivity index (χ2n) is 4.77. The molecule has 0 heterocycles. The van der Waals surface area contributed by atoms with Gasteiger partial charge in [-0.3, -0.25) is 0 Å². The van der Waals surface area contributed by atoms with Crippen LogP contribution < -0.4 is 0 Å². The van der Waals surface area contributed by atoms with Gasteiger partial charge in [-0.1, -0.05) is 26.9 Å². The molecule has 10 heteroatoms. The zero-order valence-electron chi connectivity index (χ0n) is 17.7. The molecule has 0 atom stereocenters. The maximum atomic E-state index is 9.78. The Bertz CT molecular complexity index is 239. The van der Waals surface area contributed by atoms with Gasteiger partial charge >= 0.3 is 18.6 Å². The van der Waals surface area contributed by atoms with Crippen molar-refractivity contribution in [2.45, 2.75) is 47.3 Å². The minimum absolute atomic E-state index is 0.452.